The van der Waals surface area contributed by atoms with E-state index in [1.54, 1.807) is 0 Å². The van der Waals surface area contributed by atoms with Gasteiger partial charge in [-0.3, -0.25) is 0 Å². The van der Waals surface area contributed by atoms with Crippen LogP contribution in [0.25, 0.3) is 3.58 Å². The van der Waals surface area contributed by atoms with Gasteiger partial charge in [0.1, 0.15) is 0 Å². The highest BCUT2D eigenvalue weighted by Crippen LogP contribution is 2.24. The van der Waals surface area contributed by atoms with Crippen LogP contribution in [-0.4, -0.2) is 0 Å². The van der Waals surface area contributed by atoms with Gasteiger partial charge in [0.05, 0.1) is 0 Å². The van der Waals surface area contributed by atoms with Crippen molar-refractivity contribution in [3.8, 4) is 0 Å². The summed E-state index contributed by atoms with van der Waals surface area (Å²) in [5, 5.41) is 0. The van der Waals surface area contributed by atoms with E-state index >= 15 is 0 Å². The lowest BCUT2D eigenvalue weighted by Gasteiger charge is -2.00. The Morgan fingerprint density at radius 3 is 1.85 bits per heavy atom. The number of hydrogen-bond acceptors (Lipinski definition) is 0. The third-order valence-electron chi connectivity index (χ3n) is 1.47. The fourth-order valence-corrected chi connectivity index (χ4v) is 1.23. The normalized spacial score (nSPS) is 8.38. The maximum atomic E-state index is 2.38. The van der Waals surface area contributed by atoms with Gasteiger partial charge in [-0.25, -0.2) is 0 Å². The molecule has 0 nitrogen and oxygen atoms in total. The van der Waals surface area contributed by atoms with Crippen molar-refractivity contribution >= 4 is 26.2 Å². The van der Waals surface area contributed by atoms with Crippen LogP contribution in [0.3, 0.4) is 0 Å². The van der Waals surface area contributed by atoms with Gasteiger partial charge in [-0.1, -0.05) is 49.8 Å². The van der Waals surface area contributed by atoms with Gasteiger partial charge < -0.3 is 0 Å². The van der Waals surface area contributed by atoms with Crippen LogP contribution in [0.4, 0.5) is 0 Å². The molecule has 0 aliphatic rings. The maximum Gasteiger partial charge on any atom is 0.0189 e. The molecule has 1 aromatic carbocycles. The molecule has 0 fully saturated rings. The fourth-order valence-electron chi connectivity index (χ4n) is 0.873. The second kappa shape index (κ2) is 7.13. The topological polar surface area (TPSA) is 0 Å². The zero-order valence-electron chi connectivity index (χ0n) is 8.76. The smallest absolute Gasteiger partial charge is 0.0189 e. The van der Waals surface area contributed by atoms with Crippen LogP contribution < -0.4 is 0 Å². The van der Waals surface area contributed by atoms with E-state index < -0.39 is 0 Å². The lowest BCUT2D eigenvalue weighted by molar-refractivity contribution is 1.42. The molecular formula is C12H17I. The molecule has 1 aromatic rings. The molecule has 13 heavy (non-hydrogen) atoms. The second-order valence-electron chi connectivity index (χ2n) is 2.68. The third kappa shape index (κ3) is 4.46. The zero-order valence-corrected chi connectivity index (χ0v) is 10.9. The lowest BCUT2D eigenvalue weighted by Crippen LogP contribution is -1.76. The summed E-state index contributed by atoms with van der Waals surface area (Å²) in [4.78, 5) is 0. The van der Waals surface area contributed by atoms with Crippen molar-refractivity contribution in [2.75, 3.05) is 0 Å². The van der Waals surface area contributed by atoms with Crippen LogP contribution >= 0.6 is 22.6 Å². The van der Waals surface area contributed by atoms with E-state index in [1.165, 1.54) is 14.7 Å². The first-order chi connectivity index (χ1) is 6.22. The van der Waals surface area contributed by atoms with Gasteiger partial charge in [0, 0.05) is 3.58 Å². The van der Waals surface area contributed by atoms with Gasteiger partial charge in [-0.05, 0) is 42.0 Å². The van der Waals surface area contributed by atoms with Crippen LogP contribution in [0.2, 0.25) is 0 Å². The molecule has 0 amide bonds. The Morgan fingerprint density at radius 2 is 1.46 bits per heavy atom. The van der Waals surface area contributed by atoms with E-state index in [2.05, 4.69) is 60.7 Å². The second-order valence-corrected chi connectivity index (χ2v) is 3.76. The summed E-state index contributed by atoms with van der Waals surface area (Å²) < 4.78 is 1.35. The summed E-state index contributed by atoms with van der Waals surface area (Å²) in [5.74, 6) is 0. The van der Waals surface area contributed by atoms with Crippen molar-refractivity contribution in [2.24, 2.45) is 0 Å². The Labute approximate surface area is 95.2 Å². The minimum Gasteiger partial charge on any atom is -0.0683 e. The van der Waals surface area contributed by atoms with E-state index in [4.69, 9.17) is 0 Å². The molecule has 1 rings (SSSR count). The maximum absolute atomic E-state index is 2.38. The molecule has 0 heterocycles. The van der Waals surface area contributed by atoms with Gasteiger partial charge in [0.15, 0.2) is 0 Å². The predicted molar refractivity (Wildman–Crippen MR) is 70.1 cm³/mol. The molecule has 72 valence electrons. The Kier molecular flexibility index (Phi) is 6.96. The van der Waals surface area contributed by atoms with Crippen molar-refractivity contribution < 1.29 is 0 Å². The minimum atomic E-state index is 1.31. The largest absolute Gasteiger partial charge is 0.0683 e. The standard InChI is InChI=1S/C10H11I.C2H6/c1-8(2)10(11)9-6-4-3-5-7-9;1-2/h3-7H,1-2H3;1-2H3. The molecule has 0 saturated heterocycles. The molecule has 0 aromatic heterocycles. The summed E-state index contributed by atoms with van der Waals surface area (Å²) in [6.45, 7) is 8.27. The van der Waals surface area contributed by atoms with Crippen molar-refractivity contribution in [3.63, 3.8) is 0 Å². The number of halogens is 1. The number of hydrogen-bond donors (Lipinski definition) is 0. The predicted octanol–water partition coefficient (Wildman–Crippen LogP) is 4.90. The molecule has 0 saturated carbocycles. The number of rotatable bonds is 1. The van der Waals surface area contributed by atoms with Gasteiger partial charge in [0.2, 0.25) is 0 Å². The van der Waals surface area contributed by atoms with Crippen LogP contribution in [-0.2, 0) is 0 Å². The highest BCUT2D eigenvalue weighted by Gasteiger charge is 1.95. The first-order valence-electron chi connectivity index (χ1n) is 4.60. The van der Waals surface area contributed by atoms with E-state index in [0.717, 1.165) is 0 Å². The quantitative estimate of drug-likeness (QED) is 0.645. The van der Waals surface area contributed by atoms with Crippen molar-refractivity contribution in [1.82, 2.24) is 0 Å². The van der Waals surface area contributed by atoms with Crippen LogP contribution in [0, 0.1) is 0 Å². The first-order valence-corrected chi connectivity index (χ1v) is 5.68. The van der Waals surface area contributed by atoms with Gasteiger partial charge >= 0.3 is 0 Å². The highest BCUT2D eigenvalue weighted by atomic mass is 127. The van der Waals surface area contributed by atoms with Gasteiger partial charge in [-0.15, -0.1) is 0 Å². The monoisotopic (exact) mass is 288 g/mol. The van der Waals surface area contributed by atoms with Crippen LogP contribution in [0.5, 0.6) is 0 Å². The first kappa shape index (κ1) is 12.7. The third-order valence-corrected chi connectivity index (χ3v) is 3.17. The molecule has 0 spiro atoms. The SMILES string of the molecule is CC.CC(C)=C(I)c1ccccc1. The zero-order chi connectivity index (χ0) is 10.3. The van der Waals surface area contributed by atoms with E-state index in [-0.39, 0.29) is 0 Å². The molecule has 0 aliphatic heterocycles. The van der Waals surface area contributed by atoms with E-state index in [0.29, 0.717) is 0 Å². The number of benzene rings is 1. The summed E-state index contributed by atoms with van der Waals surface area (Å²) in [6.07, 6.45) is 0. The Bertz CT molecular complexity index is 256. The van der Waals surface area contributed by atoms with Gasteiger partial charge in [-0.2, -0.15) is 0 Å². The lowest BCUT2D eigenvalue weighted by atomic mass is 10.2. The Morgan fingerprint density at radius 1 is 1.00 bits per heavy atom. The molecule has 0 radical (unpaired) electrons. The van der Waals surface area contributed by atoms with Crippen LogP contribution in [0.1, 0.15) is 33.3 Å². The van der Waals surface area contributed by atoms with Crippen LogP contribution in [0.15, 0.2) is 35.9 Å². The summed E-state index contributed by atoms with van der Waals surface area (Å²) in [5.41, 5.74) is 2.69. The van der Waals surface area contributed by atoms with Gasteiger partial charge in [0.25, 0.3) is 0 Å². The minimum absolute atomic E-state index is 1.31. The molecule has 0 N–H and O–H groups in total. The summed E-state index contributed by atoms with van der Waals surface area (Å²) in [6, 6.07) is 10.4. The van der Waals surface area contributed by atoms with Crippen molar-refractivity contribution in [3.05, 3.63) is 41.5 Å². The molecule has 0 atom stereocenters. The Balaban J connectivity index is 0.000000671. The fraction of sp³-hybridized carbons (Fsp3) is 0.333. The van der Waals surface area contributed by atoms with E-state index in [1.807, 2.05) is 19.9 Å². The van der Waals surface area contributed by atoms with Crippen molar-refractivity contribution in [1.29, 1.82) is 0 Å². The average Bonchev–Trinajstić information content (AvgIpc) is 2.21. The Hall–Kier alpha value is -0.310. The molecule has 1 heteroatoms. The average molecular weight is 288 g/mol. The summed E-state index contributed by atoms with van der Waals surface area (Å²) >= 11 is 2.38. The highest BCUT2D eigenvalue weighted by molar-refractivity contribution is 14.1. The van der Waals surface area contributed by atoms with E-state index in [9.17, 15) is 0 Å². The summed E-state index contributed by atoms with van der Waals surface area (Å²) in [7, 11) is 0. The number of allylic oxidation sites excluding steroid dienone is 1. The molecular weight excluding hydrogens is 271 g/mol. The molecule has 0 bridgehead atoms. The molecule has 0 aliphatic carbocycles. The molecule has 0 unspecified atom stereocenters. The van der Waals surface area contributed by atoms with Crippen molar-refractivity contribution in [2.45, 2.75) is 27.7 Å².